The van der Waals surface area contributed by atoms with Crippen LogP contribution in [0.5, 0.6) is 0 Å². The summed E-state index contributed by atoms with van der Waals surface area (Å²) in [6, 6.07) is 3.50. The van der Waals surface area contributed by atoms with E-state index < -0.39 is 24.5 Å². The van der Waals surface area contributed by atoms with Gasteiger partial charge in [-0.15, -0.1) is 0 Å². The van der Waals surface area contributed by atoms with Crippen LogP contribution in [0.1, 0.15) is 12.8 Å². The van der Waals surface area contributed by atoms with E-state index in [0.717, 1.165) is 12.1 Å². The number of anilines is 2. The number of amides is 1. The maximum Gasteiger partial charge on any atom is 0.411 e. The molecule has 4 nitrogen and oxygen atoms in total. The van der Waals surface area contributed by atoms with Crippen LogP contribution in [-0.4, -0.2) is 25.3 Å². The van der Waals surface area contributed by atoms with Crippen molar-refractivity contribution in [3.05, 3.63) is 24.0 Å². The average molecular weight is 294 g/mol. The van der Waals surface area contributed by atoms with Gasteiger partial charge in [-0.1, -0.05) is 0 Å². The highest BCUT2D eigenvalue weighted by Crippen LogP contribution is 2.19. The summed E-state index contributed by atoms with van der Waals surface area (Å²) in [6.07, 6.45) is -4.25. The summed E-state index contributed by atoms with van der Waals surface area (Å²) in [7, 11) is 0. The number of nitrogens with two attached hydrogens (primary N) is 1. The van der Waals surface area contributed by atoms with E-state index in [2.05, 4.69) is 10.1 Å². The van der Waals surface area contributed by atoms with Crippen molar-refractivity contribution in [2.45, 2.75) is 19.0 Å². The molecule has 0 radical (unpaired) electrons. The predicted octanol–water partition coefficient (Wildman–Crippen LogP) is 2.71. The van der Waals surface area contributed by atoms with Gasteiger partial charge in [0.15, 0.2) is 0 Å². The SMILES string of the molecule is Nc1cc(F)ccc1NC(=O)CCCOCC(F)(F)F. The van der Waals surface area contributed by atoms with E-state index in [0.29, 0.717) is 0 Å². The molecule has 0 fully saturated rings. The largest absolute Gasteiger partial charge is 0.411 e. The lowest BCUT2D eigenvalue weighted by molar-refractivity contribution is -0.174. The van der Waals surface area contributed by atoms with E-state index >= 15 is 0 Å². The Labute approximate surface area is 112 Å². The molecule has 0 spiro atoms. The van der Waals surface area contributed by atoms with Crippen LogP contribution in [0.4, 0.5) is 28.9 Å². The first kappa shape index (κ1) is 16.2. The molecule has 0 aliphatic carbocycles. The first-order valence-corrected chi connectivity index (χ1v) is 5.77. The van der Waals surface area contributed by atoms with Crippen molar-refractivity contribution in [1.82, 2.24) is 0 Å². The number of halogens is 4. The van der Waals surface area contributed by atoms with Gasteiger partial charge in [-0.2, -0.15) is 13.2 Å². The third-order valence-corrected chi connectivity index (χ3v) is 2.25. The molecule has 1 rings (SSSR count). The third-order valence-electron chi connectivity index (χ3n) is 2.25. The minimum absolute atomic E-state index is 0.0192. The number of nitrogens with one attached hydrogen (secondary N) is 1. The Morgan fingerprint density at radius 1 is 1.35 bits per heavy atom. The molecular weight excluding hydrogens is 280 g/mol. The molecule has 1 amide bonds. The van der Waals surface area contributed by atoms with Crippen molar-refractivity contribution in [3.8, 4) is 0 Å². The first-order valence-electron chi connectivity index (χ1n) is 5.77. The summed E-state index contributed by atoms with van der Waals surface area (Å²) in [5.74, 6) is -0.958. The molecule has 0 saturated heterocycles. The summed E-state index contributed by atoms with van der Waals surface area (Å²) < 4.78 is 52.4. The number of rotatable bonds is 6. The summed E-state index contributed by atoms with van der Waals surface area (Å²) in [6.45, 7) is -1.51. The molecule has 0 unspecified atom stereocenters. The molecule has 20 heavy (non-hydrogen) atoms. The third kappa shape index (κ3) is 6.37. The smallest absolute Gasteiger partial charge is 0.397 e. The summed E-state index contributed by atoms with van der Waals surface area (Å²) in [5, 5.41) is 2.44. The number of hydrogen-bond donors (Lipinski definition) is 2. The van der Waals surface area contributed by atoms with Crippen molar-refractivity contribution < 1.29 is 27.1 Å². The molecule has 8 heteroatoms. The van der Waals surface area contributed by atoms with Crippen LogP contribution in [0.2, 0.25) is 0 Å². The van der Waals surface area contributed by atoms with Crippen LogP contribution >= 0.6 is 0 Å². The van der Waals surface area contributed by atoms with E-state index in [-0.39, 0.29) is 30.8 Å². The highest BCUT2D eigenvalue weighted by molar-refractivity contribution is 5.93. The zero-order valence-corrected chi connectivity index (χ0v) is 10.5. The van der Waals surface area contributed by atoms with Gasteiger partial charge in [0.1, 0.15) is 12.4 Å². The normalized spacial score (nSPS) is 11.4. The van der Waals surface area contributed by atoms with Crippen LogP contribution < -0.4 is 11.1 Å². The zero-order chi connectivity index (χ0) is 15.2. The Hall–Kier alpha value is -1.83. The van der Waals surface area contributed by atoms with Crippen molar-refractivity contribution in [2.24, 2.45) is 0 Å². The molecule has 0 saturated carbocycles. The van der Waals surface area contributed by atoms with Crippen molar-refractivity contribution in [3.63, 3.8) is 0 Å². The predicted molar refractivity (Wildman–Crippen MR) is 65.6 cm³/mol. The van der Waals surface area contributed by atoms with Crippen LogP contribution in [0.25, 0.3) is 0 Å². The van der Waals surface area contributed by atoms with E-state index in [9.17, 15) is 22.4 Å². The van der Waals surface area contributed by atoms with Crippen LogP contribution in [-0.2, 0) is 9.53 Å². The maximum absolute atomic E-state index is 12.8. The van der Waals surface area contributed by atoms with Gasteiger partial charge in [-0.25, -0.2) is 4.39 Å². The lowest BCUT2D eigenvalue weighted by Gasteiger charge is -2.09. The second-order valence-electron chi connectivity index (χ2n) is 4.05. The molecule has 0 bridgehead atoms. The van der Waals surface area contributed by atoms with Gasteiger partial charge in [0.25, 0.3) is 0 Å². The van der Waals surface area contributed by atoms with Crippen molar-refractivity contribution in [1.29, 1.82) is 0 Å². The standard InChI is InChI=1S/C12H14F4N2O2/c13-8-3-4-10(9(17)6-8)18-11(19)2-1-5-20-7-12(14,15)16/h3-4,6H,1-2,5,7,17H2,(H,18,19). The van der Waals surface area contributed by atoms with Gasteiger partial charge in [0.05, 0.1) is 11.4 Å². The van der Waals surface area contributed by atoms with Gasteiger partial charge in [-0.05, 0) is 24.6 Å². The monoisotopic (exact) mass is 294 g/mol. The molecule has 0 heterocycles. The highest BCUT2D eigenvalue weighted by Gasteiger charge is 2.27. The van der Waals surface area contributed by atoms with E-state index in [1.165, 1.54) is 6.07 Å². The Bertz CT molecular complexity index is 463. The number of carbonyl (C=O) groups is 1. The van der Waals surface area contributed by atoms with Crippen LogP contribution in [0, 0.1) is 5.82 Å². The Morgan fingerprint density at radius 3 is 2.65 bits per heavy atom. The van der Waals surface area contributed by atoms with Crippen LogP contribution in [0.15, 0.2) is 18.2 Å². The van der Waals surface area contributed by atoms with Gasteiger partial charge < -0.3 is 15.8 Å². The number of benzene rings is 1. The van der Waals surface area contributed by atoms with Gasteiger partial charge in [-0.3, -0.25) is 4.79 Å². The van der Waals surface area contributed by atoms with E-state index in [1.54, 1.807) is 0 Å². The lowest BCUT2D eigenvalue weighted by atomic mass is 10.2. The Balaban J connectivity index is 2.27. The van der Waals surface area contributed by atoms with Gasteiger partial charge in [0, 0.05) is 13.0 Å². The first-order chi connectivity index (χ1) is 9.28. The Morgan fingerprint density at radius 2 is 2.05 bits per heavy atom. The topological polar surface area (TPSA) is 64.3 Å². The van der Waals surface area contributed by atoms with Crippen molar-refractivity contribution in [2.75, 3.05) is 24.3 Å². The van der Waals surface area contributed by atoms with Gasteiger partial charge in [0.2, 0.25) is 5.91 Å². The maximum atomic E-state index is 12.8. The van der Waals surface area contributed by atoms with E-state index in [1.807, 2.05) is 0 Å². The van der Waals surface area contributed by atoms with Gasteiger partial charge >= 0.3 is 6.18 Å². The average Bonchev–Trinajstić information content (AvgIpc) is 2.31. The molecule has 0 aliphatic heterocycles. The minimum atomic E-state index is -4.37. The van der Waals surface area contributed by atoms with Crippen LogP contribution in [0.3, 0.4) is 0 Å². The molecule has 0 atom stereocenters. The number of ether oxygens (including phenoxy) is 1. The summed E-state index contributed by atoms with van der Waals surface area (Å²) in [4.78, 5) is 11.5. The fourth-order valence-corrected chi connectivity index (χ4v) is 1.38. The molecule has 1 aromatic rings. The highest BCUT2D eigenvalue weighted by atomic mass is 19.4. The number of carbonyl (C=O) groups excluding carboxylic acids is 1. The summed E-state index contributed by atoms with van der Waals surface area (Å²) >= 11 is 0. The van der Waals surface area contributed by atoms with Crippen molar-refractivity contribution >= 4 is 17.3 Å². The van der Waals surface area contributed by atoms with E-state index in [4.69, 9.17) is 5.73 Å². The number of alkyl halides is 3. The second-order valence-corrected chi connectivity index (χ2v) is 4.05. The summed E-state index contributed by atoms with van der Waals surface area (Å²) in [5.41, 5.74) is 5.82. The molecule has 1 aromatic carbocycles. The Kier molecular flexibility index (Phi) is 5.75. The lowest BCUT2D eigenvalue weighted by Crippen LogP contribution is -2.18. The molecule has 3 N–H and O–H groups in total. The number of hydrogen-bond acceptors (Lipinski definition) is 3. The fourth-order valence-electron chi connectivity index (χ4n) is 1.38. The fraction of sp³-hybridized carbons (Fsp3) is 0.417. The molecule has 0 aliphatic rings. The number of nitrogen functional groups attached to an aromatic ring is 1. The minimum Gasteiger partial charge on any atom is -0.397 e. The quantitative estimate of drug-likeness (QED) is 0.481. The molecule has 0 aromatic heterocycles. The zero-order valence-electron chi connectivity index (χ0n) is 10.5. The molecular formula is C12H14F4N2O2. The second kappa shape index (κ2) is 7.09. The molecule has 112 valence electrons.